The van der Waals surface area contributed by atoms with E-state index in [9.17, 15) is 4.39 Å². The Morgan fingerprint density at radius 3 is 2.70 bits per heavy atom. The van der Waals surface area contributed by atoms with E-state index in [1.807, 2.05) is 25.1 Å². The predicted octanol–water partition coefficient (Wildman–Crippen LogP) is 4.04. The number of halogens is 2. The highest BCUT2D eigenvalue weighted by atomic mass is 35.5. The van der Waals surface area contributed by atoms with Gasteiger partial charge in [-0.3, -0.25) is 0 Å². The number of benzene rings is 2. The number of rotatable bonds is 6. The highest BCUT2D eigenvalue weighted by Crippen LogP contribution is 2.27. The van der Waals surface area contributed by atoms with Crippen molar-refractivity contribution in [3.8, 4) is 11.5 Å². The summed E-state index contributed by atoms with van der Waals surface area (Å²) in [7, 11) is 1.58. The molecule has 1 heterocycles. The van der Waals surface area contributed by atoms with Crippen LogP contribution >= 0.6 is 11.6 Å². The normalized spacial score (nSPS) is 11.1. The maximum atomic E-state index is 13.1. The molecule has 0 unspecified atom stereocenters. The van der Waals surface area contributed by atoms with Crippen LogP contribution in [0, 0.1) is 12.7 Å². The summed E-state index contributed by atoms with van der Waals surface area (Å²) in [5, 5.41) is 4.50. The van der Waals surface area contributed by atoms with Gasteiger partial charge in [-0.2, -0.15) is 5.10 Å². The molecule has 0 fully saturated rings. The van der Waals surface area contributed by atoms with E-state index in [-0.39, 0.29) is 11.6 Å². The Balaban J connectivity index is 1.79. The quantitative estimate of drug-likeness (QED) is 0.647. The van der Waals surface area contributed by atoms with Gasteiger partial charge in [-0.1, -0.05) is 11.6 Å². The molecule has 0 radical (unpaired) electrons. The number of nitrogens with two attached hydrogens (primary N) is 1. The zero-order chi connectivity index (χ0) is 19.4. The van der Waals surface area contributed by atoms with Crippen molar-refractivity contribution >= 4 is 23.8 Å². The Morgan fingerprint density at radius 2 is 2.04 bits per heavy atom. The lowest BCUT2D eigenvalue weighted by atomic mass is 10.1. The monoisotopic (exact) mass is 388 g/mol. The average Bonchev–Trinajstić information content (AvgIpc) is 2.96. The predicted molar refractivity (Wildman–Crippen MR) is 103 cm³/mol. The number of methoxy groups -OCH3 is 1. The van der Waals surface area contributed by atoms with E-state index < -0.39 is 5.82 Å². The number of nitrogens with zero attached hydrogens (tertiary/aromatic N) is 3. The molecule has 3 rings (SSSR count). The summed E-state index contributed by atoms with van der Waals surface area (Å²) in [5.74, 6) is 0.938. The second kappa shape index (κ2) is 8.09. The third-order valence-electron chi connectivity index (χ3n) is 3.75. The van der Waals surface area contributed by atoms with Gasteiger partial charge in [0.25, 0.3) is 0 Å². The van der Waals surface area contributed by atoms with Crippen molar-refractivity contribution in [1.29, 1.82) is 0 Å². The maximum Gasteiger partial charge on any atom is 0.221 e. The number of aryl methyl sites for hydroxylation is 1. The summed E-state index contributed by atoms with van der Waals surface area (Å²) >= 11 is 6.00. The van der Waals surface area contributed by atoms with Gasteiger partial charge in [0.15, 0.2) is 0 Å². The lowest BCUT2D eigenvalue weighted by Gasteiger charge is -2.12. The van der Waals surface area contributed by atoms with Crippen molar-refractivity contribution in [2.24, 2.45) is 5.10 Å². The number of hydrogen-bond acceptors (Lipinski definition) is 5. The summed E-state index contributed by atoms with van der Waals surface area (Å²) in [6, 6.07) is 9.53. The Morgan fingerprint density at radius 1 is 1.26 bits per heavy atom. The minimum absolute atomic E-state index is 0.197. The molecule has 2 N–H and O–H groups in total. The van der Waals surface area contributed by atoms with Crippen molar-refractivity contribution in [3.63, 3.8) is 0 Å². The minimum atomic E-state index is -0.419. The molecule has 0 bridgehead atoms. The molecule has 1 aromatic heterocycles. The molecule has 3 aromatic rings. The van der Waals surface area contributed by atoms with Gasteiger partial charge < -0.3 is 15.2 Å². The molecule has 0 aliphatic rings. The molecule has 0 atom stereocenters. The van der Waals surface area contributed by atoms with Gasteiger partial charge in [-0.25, -0.2) is 14.1 Å². The first-order chi connectivity index (χ1) is 13.0. The van der Waals surface area contributed by atoms with Gasteiger partial charge >= 0.3 is 0 Å². The van der Waals surface area contributed by atoms with Crippen molar-refractivity contribution < 1.29 is 13.9 Å². The summed E-state index contributed by atoms with van der Waals surface area (Å²) < 4.78 is 25.7. The van der Waals surface area contributed by atoms with Crippen LogP contribution in [-0.4, -0.2) is 23.0 Å². The van der Waals surface area contributed by atoms with E-state index in [0.717, 1.165) is 16.8 Å². The largest absolute Gasteiger partial charge is 0.496 e. The number of hydrogen-bond donors (Lipinski definition) is 1. The van der Waals surface area contributed by atoms with Crippen LogP contribution < -0.4 is 15.2 Å². The first-order valence-electron chi connectivity index (χ1n) is 8.07. The van der Waals surface area contributed by atoms with Gasteiger partial charge in [0.2, 0.25) is 5.95 Å². The summed E-state index contributed by atoms with van der Waals surface area (Å²) in [6.45, 7) is 2.04. The van der Waals surface area contributed by atoms with Crippen molar-refractivity contribution in [3.05, 3.63) is 70.3 Å². The molecule has 27 heavy (non-hydrogen) atoms. The number of ether oxygens (including phenoxy) is 2. The van der Waals surface area contributed by atoms with Crippen LogP contribution in [0.2, 0.25) is 5.02 Å². The fraction of sp³-hybridized carbons (Fsp3) is 0.158. The number of imidazole rings is 1. The topological polar surface area (TPSA) is 74.7 Å². The highest BCUT2D eigenvalue weighted by molar-refractivity contribution is 6.32. The fourth-order valence-corrected chi connectivity index (χ4v) is 2.69. The van der Waals surface area contributed by atoms with E-state index in [0.29, 0.717) is 17.4 Å². The third-order valence-corrected chi connectivity index (χ3v) is 4.04. The Bertz CT molecular complexity index is 988. The summed E-state index contributed by atoms with van der Waals surface area (Å²) in [6.07, 6.45) is 3.39. The van der Waals surface area contributed by atoms with Crippen molar-refractivity contribution in [2.45, 2.75) is 13.5 Å². The number of aromatic nitrogens is 2. The average molecular weight is 389 g/mol. The van der Waals surface area contributed by atoms with Gasteiger partial charge in [0.05, 0.1) is 30.2 Å². The highest BCUT2D eigenvalue weighted by Gasteiger charge is 2.08. The Kier molecular flexibility index (Phi) is 5.61. The zero-order valence-corrected chi connectivity index (χ0v) is 15.6. The van der Waals surface area contributed by atoms with Gasteiger partial charge in [-0.15, -0.1) is 0 Å². The van der Waals surface area contributed by atoms with E-state index in [1.54, 1.807) is 19.5 Å². The Hall–Kier alpha value is -3.06. The molecule has 2 aromatic carbocycles. The molecular formula is C19H18ClFN4O2. The molecule has 6 nitrogen and oxygen atoms in total. The molecular weight excluding hydrogens is 371 g/mol. The molecule has 0 saturated carbocycles. The summed E-state index contributed by atoms with van der Waals surface area (Å²) in [4.78, 5) is 4.09. The first kappa shape index (κ1) is 18.7. The second-order valence-electron chi connectivity index (χ2n) is 5.76. The molecule has 0 amide bonds. The van der Waals surface area contributed by atoms with Crippen LogP contribution in [0.4, 0.5) is 10.3 Å². The molecule has 0 saturated heterocycles. The first-order valence-corrected chi connectivity index (χ1v) is 8.44. The van der Waals surface area contributed by atoms with Crippen LogP contribution in [-0.2, 0) is 6.61 Å². The van der Waals surface area contributed by atoms with Crippen molar-refractivity contribution in [2.75, 3.05) is 12.8 Å². The number of anilines is 1. The Labute approximate surface area is 161 Å². The number of nitrogen functional groups attached to an aromatic ring is 1. The van der Waals surface area contributed by atoms with Gasteiger partial charge in [-0.05, 0) is 48.9 Å². The summed E-state index contributed by atoms with van der Waals surface area (Å²) in [5.41, 5.74) is 8.17. The molecule has 140 valence electrons. The van der Waals surface area contributed by atoms with Crippen LogP contribution in [0.15, 0.2) is 47.7 Å². The third kappa shape index (κ3) is 4.57. The molecule has 0 spiro atoms. The molecule has 0 aliphatic heterocycles. The van der Waals surface area contributed by atoms with Gasteiger partial charge in [0.1, 0.15) is 23.9 Å². The second-order valence-corrected chi connectivity index (χ2v) is 6.17. The van der Waals surface area contributed by atoms with E-state index in [2.05, 4.69) is 10.1 Å². The van der Waals surface area contributed by atoms with Crippen LogP contribution in [0.5, 0.6) is 11.5 Å². The van der Waals surface area contributed by atoms with Crippen molar-refractivity contribution in [1.82, 2.24) is 9.66 Å². The fourth-order valence-electron chi connectivity index (χ4n) is 2.46. The molecule has 8 heteroatoms. The SMILES string of the molecule is COc1ccc(C=Nn2cc(C)nc2N)cc1COc1ccc(F)cc1Cl. The zero-order valence-electron chi connectivity index (χ0n) is 14.8. The molecule has 0 aliphatic carbocycles. The van der Waals surface area contributed by atoms with Crippen LogP contribution in [0.3, 0.4) is 0 Å². The van der Waals surface area contributed by atoms with E-state index in [1.165, 1.54) is 22.9 Å². The van der Waals surface area contributed by atoms with Gasteiger partial charge in [0, 0.05) is 5.56 Å². The smallest absolute Gasteiger partial charge is 0.221 e. The lowest BCUT2D eigenvalue weighted by Crippen LogP contribution is -2.01. The minimum Gasteiger partial charge on any atom is -0.496 e. The standard InChI is InChI=1S/C19H18ClFN4O2/c1-12-10-25(19(22)24-12)23-9-13-3-5-17(26-2)14(7-13)11-27-18-6-4-15(21)8-16(18)20/h3-10H,11H2,1-2H3,(H2,22,24). The van der Waals surface area contributed by atoms with E-state index in [4.69, 9.17) is 26.8 Å². The maximum absolute atomic E-state index is 13.1. The van der Waals surface area contributed by atoms with Crippen LogP contribution in [0.25, 0.3) is 0 Å². The van der Waals surface area contributed by atoms with E-state index >= 15 is 0 Å². The lowest BCUT2D eigenvalue weighted by molar-refractivity contribution is 0.296. The van der Waals surface area contributed by atoms with Crippen LogP contribution in [0.1, 0.15) is 16.8 Å².